The molecule has 0 fully saturated rings. The van der Waals surface area contributed by atoms with Gasteiger partial charge >= 0.3 is 36.9 Å². The van der Waals surface area contributed by atoms with E-state index in [1.165, 1.54) is 0 Å². The normalized spacial score (nSPS) is 20.5. The summed E-state index contributed by atoms with van der Waals surface area (Å²) in [6.45, 7) is 0. The molecule has 0 aromatic carbocycles. The number of alkyl halides is 12. The van der Waals surface area contributed by atoms with Crippen LogP contribution in [0.4, 0.5) is 52.7 Å². The molecule has 0 aliphatic rings. The monoisotopic (exact) mass is 318 g/mol. The summed E-state index contributed by atoms with van der Waals surface area (Å²) in [6.07, 6.45) is -24.5. The topological polar surface area (TPSA) is 9.23 Å². The summed E-state index contributed by atoms with van der Waals surface area (Å²) in [7, 11) is 0. The van der Waals surface area contributed by atoms with Crippen molar-refractivity contribution in [3.05, 3.63) is 0 Å². The van der Waals surface area contributed by atoms with Gasteiger partial charge in [-0.3, -0.25) is 4.74 Å². The second-order valence-electron chi connectivity index (χ2n) is 2.99. The van der Waals surface area contributed by atoms with Crippen LogP contribution in [-0.2, 0) is 4.74 Å². The van der Waals surface area contributed by atoms with E-state index >= 15 is 0 Å². The summed E-state index contributed by atoms with van der Waals surface area (Å²) < 4.78 is 145. The highest BCUT2D eigenvalue weighted by atomic mass is 19.4. The van der Waals surface area contributed by atoms with Crippen LogP contribution in [0, 0.1) is 0 Å². The number of hydrogen-bond acceptors (Lipinski definition) is 1. The van der Waals surface area contributed by atoms with Gasteiger partial charge in [-0.05, 0) is 0 Å². The summed E-state index contributed by atoms with van der Waals surface area (Å²) >= 11 is 0. The molecule has 1 nitrogen and oxygen atoms in total. The molecule has 0 N–H and O–H groups in total. The Balaban J connectivity index is 5.69. The molecule has 0 aromatic heterocycles. The van der Waals surface area contributed by atoms with Crippen LogP contribution in [0.15, 0.2) is 0 Å². The molecular formula is C6H2F12O. The van der Waals surface area contributed by atoms with Crippen molar-refractivity contribution in [2.45, 2.75) is 36.9 Å². The first-order valence-corrected chi connectivity index (χ1v) is 3.87. The molecule has 0 bridgehead atoms. The largest absolute Gasteiger partial charge is 0.454 e. The van der Waals surface area contributed by atoms with Crippen molar-refractivity contribution in [3.63, 3.8) is 0 Å². The maximum Gasteiger partial charge on any atom is 0.454 e. The van der Waals surface area contributed by atoms with Crippen molar-refractivity contribution in [1.29, 1.82) is 0 Å². The SMILES string of the molecule is FC(F)[C@](F)(O[C@](F)(C(F)F)C(F)(F)F)C(F)(F)F. The second kappa shape index (κ2) is 4.90. The molecule has 13 heteroatoms. The van der Waals surface area contributed by atoms with Gasteiger partial charge in [0.05, 0.1) is 0 Å². The molecule has 19 heavy (non-hydrogen) atoms. The van der Waals surface area contributed by atoms with Crippen molar-refractivity contribution in [1.82, 2.24) is 0 Å². The zero-order valence-corrected chi connectivity index (χ0v) is 8.10. The first-order chi connectivity index (χ1) is 8.09. The fraction of sp³-hybridized carbons (Fsp3) is 1.00. The van der Waals surface area contributed by atoms with Gasteiger partial charge < -0.3 is 0 Å². The Hall–Kier alpha value is -0.880. The van der Waals surface area contributed by atoms with Crippen LogP contribution in [-0.4, -0.2) is 36.9 Å². The number of rotatable bonds is 4. The smallest absolute Gasteiger partial charge is 0.285 e. The Kier molecular flexibility index (Phi) is 4.68. The lowest BCUT2D eigenvalue weighted by atomic mass is 10.2. The zero-order valence-electron chi connectivity index (χ0n) is 8.10. The van der Waals surface area contributed by atoms with Crippen LogP contribution < -0.4 is 0 Å². The molecule has 0 rings (SSSR count). The Morgan fingerprint density at radius 3 is 0.842 bits per heavy atom. The van der Waals surface area contributed by atoms with Gasteiger partial charge in [0.2, 0.25) is 0 Å². The van der Waals surface area contributed by atoms with Gasteiger partial charge in [0.1, 0.15) is 0 Å². The molecule has 0 saturated heterocycles. The predicted octanol–water partition coefficient (Wildman–Crippen LogP) is 3.99. The Morgan fingerprint density at radius 1 is 0.526 bits per heavy atom. The fourth-order valence-corrected chi connectivity index (χ4v) is 0.668. The molecule has 0 radical (unpaired) electrons. The minimum atomic E-state index is -6.88. The van der Waals surface area contributed by atoms with E-state index in [-0.39, 0.29) is 0 Å². The van der Waals surface area contributed by atoms with Crippen molar-refractivity contribution in [2.75, 3.05) is 0 Å². The molecule has 0 amide bonds. The zero-order chi connectivity index (χ0) is 15.9. The third-order valence-corrected chi connectivity index (χ3v) is 1.63. The number of hydrogen-bond donors (Lipinski definition) is 0. The van der Waals surface area contributed by atoms with E-state index in [1.807, 2.05) is 0 Å². The van der Waals surface area contributed by atoms with Gasteiger partial charge in [-0.1, -0.05) is 0 Å². The van der Waals surface area contributed by atoms with Crippen LogP contribution in [0.2, 0.25) is 0 Å². The minimum Gasteiger partial charge on any atom is -0.285 e. The third kappa shape index (κ3) is 3.17. The molecule has 0 heterocycles. The van der Waals surface area contributed by atoms with E-state index in [2.05, 4.69) is 0 Å². The molecule has 0 aliphatic carbocycles. The first-order valence-electron chi connectivity index (χ1n) is 3.87. The van der Waals surface area contributed by atoms with Gasteiger partial charge in [-0.2, -0.15) is 35.1 Å². The van der Waals surface area contributed by atoms with E-state index in [0.29, 0.717) is 0 Å². The summed E-state index contributed by atoms with van der Waals surface area (Å²) in [5.41, 5.74) is 0. The molecule has 2 atom stereocenters. The molecular weight excluding hydrogens is 316 g/mol. The van der Waals surface area contributed by atoms with E-state index in [9.17, 15) is 52.7 Å². The molecule has 116 valence electrons. The summed E-state index contributed by atoms with van der Waals surface area (Å²) in [4.78, 5) is 0. The highest BCUT2D eigenvalue weighted by molar-refractivity contribution is 4.89. The lowest BCUT2D eigenvalue weighted by Crippen LogP contribution is -2.61. The number of halogens is 12. The van der Waals surface area contributed by atoms with E-state index in [1.54, 1.807) is 4.74 Å². The quantitative estimate of drug-likeness (QED) is 0.712. The lowest BCUT2D eigenvalue weighted by molar-refractivity contribution is -0.470. The molecule has 0 saturated carbocycles. The number of ether oxygens (including phenoxy) is 1. The predicted molar refractivity (Wildman–Crippen MR) is 32.9 cm³/mol. The average molecular weight is 318 g/mol. The highest BCUT2D eigenvalue weighted by Crippen LogP contribution is 2.49. The van der Waals surface area contributed by atoms with E-state index in [0.717, 1.165) is 0 Å². The summed E-state index contributed by atoms with van der Waals surface area (Å²) in [5.74, 6) is -13.1. The van der Waals surface area contributed by atoms with E-state index in [4.69, 9.17) is 0 Å². The van der Waals surface area contributed by atoms with Crippen molar-refractivity contribution in [2.24, 2.45) is 0 Å². The molecule has 0 spiro atoms. The fourth-order valence-electron chi connectivity index (χ4n) is 0.668. The lowest BCUT2D eigenvalue weighted by Gasteiger charge is -2.35. The van der Waals surface area contributed by atoms with Gasteiger partial charge in [0.15, 0.2) is 0 Å². The highest BCUT2D eigenvalue weighted by Gasteiger charge is 2.75. The Labute approximate surface area is 95.7 Å². The second-order valence-corrected chi connectivity index (χ2v) is 2.99. The van der Waals surface area contributed by atoms with Gasteiger partial charge in [-0.15, -0.1) is 0 Å². The maximum atomic E-state index is 12.6. The standard InChI is InChI=1S/C6H2F12O/c7-1(8)3(11,5(13,14)15)19-4(12,2(9)10)6(16,17)18/h1-2H/t3-,4+. The van der Waals surface area contributed by atoms with Crippen molar-refractivity contribution in [3.8, 4) is 0 Å². The van der Waals surface area contributed by atoms with Crippen LogP contribution in [0.5, 0.6) is 0 Å². The molecule has 0 unspecified atom stereocenters. The van der Waals surface area contributed by atoms with Crippen molar-refractivity contribution >= 4 is 0 Å². The molecule has 0 aromatic rings. The Bertz CT molecular complexity index is 276. The van der Waals surface area contributed by atoms with E-state index < -0.39 is 36.9 Å². The van der Waals surface area contributed by atoms with Gasteiger partial charge in [0, 0.05) is 0 Å². The van der Waals surface area contributed by atoms with Crippen LogP contribution >= 0.6 is 0 Å². The van der Waals surface area contributed by atoms with Crippen LogP contribution in [0.1, 0.15) is 0 Å². The van der Waals surface area contributed by atoms with Gasteiger partial charge in [0.25, 0.3) is 0 Å². The summed E-state index contributed by atoms with van der Waals surface area (Å²) in [6, 6.07) is 0. The van der Waals surface area contributed by atoms with Crippen LogP contribution in [0.3, 0.4) is 0 Å². The first kappa shape index (κ1) is 18.1. The van der Waals surface area contributed by atoms with Crippen molar-refractivity contribution < 1.29 is 57.4 Å². The van der Waals surface area contributed by atoms with Gasteiger partial charge in [-0.25, -0.2) is 17.6 Å². The average Bonchev–Trinajstić information content (AvgIpc) is 2.12. The third-order valence-electron chi connectivity index (χ3n) is 1.63. The minimum absolute atomic E-state index is 1.79. The van der Waals surface area contributed by atoms with Crippen LogP contribution in [0.25, 0.3) is 0 Å². The Morgan fingerprint density at radius 2 is 0.737 bits per heavy atom. The maximum absolute atomic E-state index is 12.6. The molecule has 0 aliphatic heterocycles. The summed E-state index contributed by atoms with van der Waals surface area (Å²) in [5, 5.41) is 0.